The van der Waals surface area contributed by atoms with Gasteiger partial charge < -0.3 is 16.0 Å². The van der Waals surface area contributed by atoms with Crippen molar-refractivity contribution in [2.24, 2.45) is 5.92 Å². The highest BCUT2D eigenvalue weighted by atomic mass is 16.2. The van der Waals surface area contributed by atoms with Crippen LogP contribution in [0.5, 0.6) is 0 Å². The monoisotopic (exact) mass is 211 g/mol. The molecule has 0 aromatic carbocycles. The summed E-state index contributed by atoms with van der Waals surface area (Å²) in [5.74, 6) is 0.799. The summed E-state index contributed by atoms with van der Waals surface area (Å²) in [6.07, 6.45) is 5.95. The van der Waals surface area contributed by atoms with E-state index in [4.69, 9.17) is 0 Å². The number of carbonyl (C=O) groups excluding carboxylic acids is 1. The maximum Gasteiger partial charge on any atom is 0.315 e. The fourth-order valence-corrected chi connectivity index (χ4v) is 2.02. The molecule has 0 aromatic heterocycles. The minimum Gasteiger partial charge on any atom is -0.338 e. The minimum atomic E-state index is 0.0198. The molecule has 2 rings (SSSR count). The smallest absolute Gasteiger partial charge is 0.315 e. The molecule has 0 atom stereocenters. The molecular formula is C11H21N3O. The molecule has 86 valence electrons. The van der Waals surface area contributed by atoms with Gasteiger partial charge >= 0.3 is 6.03 Å². The van der Waals surface area contributed by atoms with Gasteiger partial charge in [-0.05, 0) is 51.1 Å². The molecule has 1 aliphatic heterocycles. The van der Waals surface area contributed by atoms with Crippen molar-refractivity contribution in [1.29, 1.82) is 0 Å². The maximum atomic E-state index is 11.3. The van der Waals surface area contributed by atoms with Crippen molar-refractivity contribution in [2.45, 2.75) is 38.1 Å². The molecule has 0 unspecified atom stereocenters. The number of piperidine rings is 1. The summed E-state index contributed by atoms with van der Waals surface area (Å²) in [6, 6.07) is 0.482. The molecule has 0 aromatic rings. The largest absolute Gasteiger partial charge is 0.338 e. The zero-order valence-corrected chi connectivity index (χ0v) is 9.22. The fraction of sp³-hybridized carbons (Fsp3) is 0.909. The lowest BCUT2D eigenvalue weighted by Crippen LogP contribution is -2.38. The van der Waals surface area contributed by atoms with Gasteiger partial charge in [0.2, 0.25) is 0 Å². The van der Waals surface area contributed by atoms with Crippen molar-refractivity contribution in [3.05, 3.63) is 0 Å². The SMILES string of the molecule is O=C(NCCC1CCNCC1)NC1CC1. The second-order valence-corrected chi connectivity index (χ2v) is 4.66. The zero-order chi connectivity index (χ0) is 10.5. The number of urea groups is 1. The quantitative estimate of drug-likeness (QED) is 0.645. The molecule has 1 saturated heterocycles. The molecule has 0 radical (unpaired) electrons. The second kappa shape index (κ2) is 5.35. The van der Waals surface area contributed by atoms with Crippen molar-refractivity contribution < 1.29 is 4.79 Å². The predicted octanol–water partition coefficient (Wildman–Crippen LogP) is 0.838. The average molecular weight is 211 g/mol. The summed E-state index contributed by atoms with van der Waals surface area (Å²) in [6.45, 7) is 3.10. The van der Waals surface area contributed by atoms with Crippen LogP contribution in [0.4, 0.5) is 4.79 Å². The Labute approximate surface area is 91.2 Å². The molecule has 2 amide bonds. The molecule has 3 N–H and O–H groups in total. The van der Waals surface area contributed by atoms with Crippen LogP contribution in [-0.4, -0.2) is 31.7 Å². The van der Waals surface area contributed by atoms with Crippen LogP contribution in [0.1, 0.15) is 32.1 Å². The van der Waals surface area contributed by atoms with Gasteiger partial charge in [0.1, 0.15) is 0 Å². The minimum absolute atomic E-state index is 0.0198. The van der Waals surface area contributed by atoms with Crippen LogP contribution in [0.3, 0.4) is 0 Å². The van der Waals surface area contributed by atoms with Gasteiger partial charge in [-0.25, -0.2) is 4.79 Å². The van der Waals surface area contributed by atoms with Gasteiger partial charge in [-0.2, -0.15) is 0 Å². The van der Waals surface area contributed by atoms with Crippen LogP contribution in [0, 0.1) is 5.92 Å². The Hall–Kier alpha value is -0.770. The van der Waals surface area contributed by atoms with Gasteiger partial charge in [0, 0.05) is 12.6 Å². The van der Waals surface area contributed by atoms with Crippen molar-refractivity contribution in [3.63, 3.8) is 0 Å². The molecule has 4 nitrogen and oxygen atoms in total. The lowest BCUT2D eigenvalue weighted by Gasteiger charge is -2.22. The third-order valence-electron chi connectivity index (χ3n) is 3.21. The van der Waals surface area contributed by atoms with Gasteiger partial charge in [-0.3, -0.25) is 0 Å². The molecule has 1 saturated carbocycles. The second-order valence-electron chi connectivity index (χ2n) is 4.66. The molecular weight excluding hydrogens is 190 g/mol. The summed E-state index contributed by atoms with van der Waals surface area (Å²) in [4.78, 5) is 11.3. The van der Waals surface area contributed by atoms with Crippen LogP contribution in [0.15, 0.2) is 0 Å². The molecule has 2 fully saturated rings. The van der Waals surface area contributed by atoms with Crippen LogP contribution < -0.4 is 16.0 Å². The highest BCUT2D eigenvalue weighted by molar-refractivity contribution is 5.74. The Bertz CT molecular complexity index is 210. The van der Waals surface area contributed by atoms with E-state index in [1.165, 1.54) is 12.8 Å². The van der Waals surface area contributed by atoms with Crippen molar-refractivity contribution in [2.75, 3.05) is 19.6 Å². The van der Waals surface area contributed by atoms with Crippen molar-refractivity contribution in [3.8, 4) is 0 Å². The van der Waals surface area contributed by atoms with E-state index in [0.29, 0.717) is 6.04 Å². The number of rotatable bonds is 4. The third-order valence-corrected chi connectivity index (χ3v) is 3.21. The molecule has 15 heavy (non-hydrogen) atoms. The summed E-state index contributed by atoms with van der Waals surface area (Å²) in [5, 5.41) is 9.21. The molecule has 1 heterocycles. The molecule has 2 aliphatic rings. The summed E-state index contributed by atoms with van der Waals surface area (Å²) >= 11 is 0. The molecule has 4 heteroatoms. The van der Waals surface area contributed by atoms with Gasteiger partial charge in [0.05, 0.1) is 0 Å². The van der Waals surface area contributed by atoms with E-state index in [1.54, 1.807) is 0 Å². The van der Waals surface area contributed by atoms with E-state index in [0.717, 1.165) is 44.8 Å². The first kappa shape index (κ1) is 10.7. The third kappa shape index (κ3) is 4.08. The van der Waals surface area contributed by atoms with Crippen molar-refractivity contribution in [1.82, 2.24) is 16.0 Å². The van der Waals surface area contributed by atoms with E-state index in [1.807, 2.05) is 0 Å². The summed E-state index contributed by atoms with van der Waals surface area (Å²) in [5.41, 5.74) is 0. The highest BCUT2D eigenvalue weighted by Gasteiger charge is 2.23. The first-order valence-electron chi connectivity index (χ1n) is 6.09. The lowest BCUT2D eigenvalue weighted by atomic mass is 9.95. The van der Waals surface area contributed by atoms with Gasteiger partial charge in [-0.1, -0.05) is 0 Å². The zero-order valence-electron chi connectivity index (χ0n) is 9.22. The van der Waals surface area contributed by atoms with Crippen LogP contribution in [-0.2, 0) is 0 Å². The van der Waals surface area contributed by atoms with Crippen LogP contribution in [0.25, 0.3) is 0 Å². The maximum absolute atomic E-state index is 11.3. The van der Waals surface area contributed by atoms with E-state index in [2.05, 4.69) is 16.0 Å². The van der Waals surface area contributed by atoms with Crippen LogP contribution >= 0.6 is 0 Å². The Kier molecular flexibility index (Phi) is 3.83. The molecule has 0 spiro atoms. The number of carbonyl (C=O) groups is 1. The van der Waals surface area contributed by atoms with E-state index < -0.39 is 0 Å². The Morgan fingerprint density at radius 3 is 2.60 bits per heavy atom. The Morgan fingerprint density at radius 1 is 1.20 bits per heavy atom. The van der Waals surface area contributed by atoms with E-state index in [-0.39, 0.29) is 6.03 Å². The number of amides is 2. The van der Waals surface area contributed by atoms with Crippen LogP contribution in [0.2, 0.25) is 0 Å². The highest BCUT2D eigenvalue weighted by Crippen LogP contribution is 2.18. The Morgan fingerprint density at radius 2 is 1.93 bits per heavy atom. The topological polar surface area (TPSA) is 53.2 Å². The summed E-state index contributed by atoms with van der Waals surface area (Å²) < 4.78 is 0. The van der Waals surface area contributed by atoms with Gasteiger partial charge in [-0.15, -0.1) is 0 Å². The standard InChI is InChI=1S/C11H21N3O/c15-11(14-10-1-2-10)13-8-5-9-3-6-12-7-4-9/h9-10,12H,1-8H2,(H2,13,14,15). The van der Waals surface area contributed by atoms with Crippen molar-refractivity contribution >= 4 is 6.03 Å². The van der Waals surface area contributed by atoms with Gasteiger partial charge in [0.25, 0.3) is 0 Å². The fourth-order valence-electron chi connectivity index (χ4n) is 2.02. The predicted molar refractivity (Wildman–Crippen MR) is 59.8 cm³/mol. The normalized spacial score (nSPS) is 22.4. The first-order chi connectivity index (χ1) is 7.34. The Balaban J connectivity index is 1.51. The number of hydrogen-bond donors (Lipinski definition) is 3. The molecule has 0 bridgehead atoms. The lowest BCUT2D eigenvalue weighted by molar-refractivity contribution is 0.238. The number of hydrogen-bond acceptors (Lipinski definition) is 2. The number of nitrogens with one attached hydrogen (secondary N) is 3. The average Bonchev–Trinajstić information content (AvgIpc) is 3.03. The molecule has 1 aliphatic carbocycles. The first-order valence-corrected chi connectivity index (χ1v) is 6.09. The summed E-state index contributed by atoms with van der Waals surface area (Å²) in [7, 11) is 0. The van der Waals surface area contributed by atoms with E-state index in [9.17, 15) is 4.79 Å². The van der Waals surface area contributed by atoms with E-state index >= 15 is 0 Å². The van der Waals surface area contributed by atoms with Gasteiger partial charge in [0.15, 0.2) is 0 Å².